The predicted molar refractivity (Wildman–Crippen MR) is 85.4 cm³/mol. The molecular weight excluding hydrogens is 320 g/mol. The van der Waals surface area contributed by atoms with Crippen molar-refractivity contribution in [2.45, 2.75) is 45.2 Å². The van der Waals surface area contributed by atoms with Crippen LogP contribution in [0.1, 0.15) is 33.1 Å². The van der Waals surface area contributed by atoms with E-state index in [0.29, 0.717) is 11.0 Å². The van der Waals surface area contributed by atoms with Crippen LogP contribution in [0.15, 0.2) is 15.5 Å². The summed E-state index contributed by atoms with van der Waals surface area (Å²) >= 11 is 3.45. The van der Waals surface area contributed by atoms with Gasteiger partial charge in [-0.3, -0.25) is 4.79 Å². The number of halogens is 1. The Bertz CT molecular complexity index is 520. The second-order valence-electron chi connectivity index (χ2n) is 5.67. The van der Waals surface area contributed by atoms with Gasteiger partial charge in [-0.1, -0.05) is 6.92 Å². The average Bonchev–Trinajstić information content (AvgIpc) is 2.46. The Morgan fingerprint density at radius 2 is 2.10 bits per heavy atom. The van der Waals surface area contributed by atoms with Gasteiger partial charge in [-0.25, -0.2) is 4.68 Å². The van der Waals surface area contributed by atoms with Gasteiger partial charge in [0, 0.05) is 25.2 Å². The monoisotopic (exact) mass is 342 g/mol. The third-order valence-electron chi connectivity index (χ3n) is 4.21. The largest absolute Gasteiger partial charge is 0.369 e. The highest BCUT2D eigenvalue weighted by molar-refractivity contribution is 9.10. The molecule has 1 aromatic heterocycles. The van der Waals surface area contributed by atoms with Gasteiger partial charge in [0.15, 0.2) is 0 Å². The number of piperidine rings is 1. The van der Waals surface area contributed by atoms with Crippen molar-refractivity contribution < 1.29 is 0 Å². The molecule has 0 spiro atoms. The van der Waals surface area contributed by atoms with Gasteiger partial charge in [0.05, 0.1) is 11.9 Å². The van der Waals surface area contributed by atoms with E-state index in [9.17, 15) is 4.79 Å². The SMILES string of the molecule is CCCn1ncc(N2CCC(C)(NC)CC2)c(Br)c1=O. The molecule has 6 heteroatoms. The minimum atomic E-state index is -0.0358. The minimum absolute atomic E-state index is 0.0358. The zero-order valence-corrected chi connectivity index (χ0v) is 14.0. The maximum atomic E-state index is 12.2. The van der Waals surface area contributed by atoms with E-state index in [2.05, 4.69) is 38.2 Å². The zero-order chi connectivity index (χ0) is 14.8. The first kappa shape index (κ1) is 15.5. The smallest absolute Gasteiger partial charge is 0.283 e. The van der Waals surface area contributed by atoms with Crippen LogP contribution < -0.4 is 15.8 Å². The van der Waals surface area contributed by atoms with Crippen molar-refractivity contribution in [3.63, 3.8) is 0 Å². The molecular formula is C14H23BrN4O. The first-order valence-corrected chi connectivity index (χ1v) is 7.99. The minimum Gasteiger partial charge on any atom is -0.369 e. The van der Waals surface area contributed by atoms with Crippen LogP contribution in [0, 0.1) is 0 Å². The van der Waals surface area contributed by atoms with Gasteiger partial charge in [-0.2, -0.15) is 5.10 Å². The molecule has 1 N–H and O–H groups in total. The summed E-state index contributed by atoms with van der Waals surface area (Å²) in [5.41, 5.74) is 1.08. The van der Waals surface area contributed by atoms with Gasteiger partial charge < -0.3 is 10.2 Å². The second kappa shape index (κ2) is 6.26. The lowest BCUT2D eigenvalue weighted by molar-refractivity contribution is 0.305. The molecule has 1 fully saturated rings. The normalized spacial score (nSPS) is 18.3. The van der Waals surface area contributed by atoms with Crippen LogP contribution in [-0.4, -0.2) is 35.5 Å². The van der Waals surface area contributed by atoms with Crippen molar-refractivity contribution >= 4 is 21.6 Å². The van der Waals surface area contributed by atoms with Crippen molar-refractivity contribution in [1.29, 1.82) is 0 Å². The number of nitrogens with one attached hydrogen (secondary N) is 1. The van der Waals surface area contributed by atoms with Crippen molar-refractivity contribution in [3.8, 4) is 0 Å². The van der Waals surface area contributed by atoms with Crippen molar-refractivity contribution in [1.82, 2.24) is 15.1 Å². The Morgan fingerprint density at radius 1 is 1.45 bits per heavy atom. The van der Waals surface area contributed by atoms with Crippen molar-refractivity contribution in [2.75, 3.05) is 25.0 Å². The van der Waals surface area contributed by atoms with Crippen LogP contribution >= 0.6 is 15.9 Å². The van der Waals surface area contributed by atoms with Gasteiger partial charge in [-0.15, -0.1) is 0 Å². The number of aryl methyl sites for hydroxylation is 1. The molecule has 0 unspecified atom stereocenters. The van der Waals surface area contributed by atoms with E-state index in [1.54, 1.807) is 0 Å². The highest BCUT2D eigenvalue weighted by Crippen LogP contribution is 2.28. The quantitative estimate of drug-likeness (QED) is 0.909. The van der Waals surface area contributed by atoms with E-state index >= 15 is 0 Å². The Hall–Kier alpha value is -0.880. The fourth-order valence-corrected chi connectivity index (χ4v) is 3.10. The Balaban J connectivity index is 2.19. The van der Waals surface area contributed by atoms with Crippen molar-refractivity contribution in [2.24, 2.45) is 0 Å². The van der Waals surface area contributed by atoms with Gasteiger partial charge in [0.25, 0.3) is 5.56 Å². The Morgan fingerprint density at radius 3 is 2.65 bits per heavy atom. The number of aromatic nitrogens is 2. The summed E-state index contributed by atoms with van der Waals surface area (Å²) in [6.45, 7) is 6.83. The molecule has 1 aromatic rings. The predicted octanol–water partition coefficient (Wildman–Crippen LogP) is 1.99. The number of nitrogens with zero attached hydrogens (tertiary/aromatic N) is 3. The maximum absolute atomic E-state index is 12.2. The van der Waals surface area contributed by atoms with Crippen LogP contribution in [0.3, 0.4) is 0 Å². The molecule has 0 atom stereocenters. The average molecular weight is 343 g/mol. The number of anilines is 1. The molecule has 0 aliphatic carbocycles. The topological polar surface area (TPSA) is 50.2 Å². The molecule has 0 bridgehead atoms. The Labute approximate surface area is 128 Å². The van der Waals surface area contributed by atoms with E-state index in [1.165, 1.54) is 4.68 Å². The van der Waals surface area contributed by atoms with Gasteiger partial charge in [0.1, 0.15) is 4.47 Å². The van der Waals surface area contributed by atoms with E-state index in [0.717, 1.165) is 38.0 Å². The first-order valence-electron chi connectivity index (χ1n) is 7.20. The van der Waals surface area contributed by atoms with E-state index in [4.69, 9.17) is 0 Å². The lowest BCUT2D eigenvalue weighted by Crippen LogP contribution is -2.50. The molecule has 5 nitrogen and oxygen atoms in total. The van der Waals surface area contributed by atoms with Crippen LogP contribution in [0.4, 0.5) is 5.69 Å². The van der Waals surface area contributed by atoms with Gasteiger partial charge >= 0.3 is 0 Å². The fourth-order valence-electron chi connectivity index (χ4n) is 2.54. The van der Waals surface area contributed by atoms with E-state index < -0.39 is 0 Å². The summed E-state index contributed by atoms with van der Waals surface area (Å²) in [5, 5.41) is 7.66. The highest BCUT2D eigenvalue weighted by atomic mass is 79.9. The summed E-state index contributed by atoms with van der Waals surface area (Å²) in [5.74, 6) is 0. The molecule has 112 valence electrons. The summed E-state index contributed by atoms with van der Waals surface area (Å²) in [4.78, 5) is 14.5. The molecule has 20 heavy (non-hydrogen) atoms. The summed E-state index contributed by atoms with van der Waals surface area (Å²) in [6, 6.07) is 0. The fraction of sp³-hybridized carbons (Fsp3) is 0.714. The molecule has 2 rings (SSSR count). The van der Waals surface area contributed by atoms with Crippen LogP contribution in [0.2, 0.25) is 0 Å². The second-order valence-corrected chi connectivity index (χ2v) is 6.46. The summed E-state index contributed by atoms with van der Waals surface area (Å²) in [7, 11) is 2.01. The molecule has 1 aliphatic rings. The molecule has 0 radical (unpaired) electrons. The molecule has 0 saturated carbocycles. The van der Waals surface area contributed by atoms with Crippen LogP contribution in [-0.2, 0) is 6.54 Å². The number of rotatable bonds is 4. The zero-order valence-electron chi connectivity index (χ0n) is 12.4. The van der Waals surface area contributed by atoms with E-state index in [-0.39, 0.29) is 11.1 Å². The van der Waals surface area contributed by atoms with Gasteiger partial charge in [-0.05, 0) is 49.2 Å². The maximum Gasteiger partial charge on any atom is 0.283 e. The third-order valence-corrected chi connectivity index (χ3v) is 4.96. The van der Waals surface area contributed by atoms with Crippen molar-refractivity contribution in [3.05, 3.63) is 21.0 Å². The Kier molecular flexibility index (Phi) is 4.86. The number of hydrogen-bond acceptors (Lipinski definition) is 4. The lowest BCUT2D eigenvalue weighted by Gasteiger charge is -2.40. The van der Waals surface area contributed by atoms with Crippen LogP contribution in [0.25, 0.3) is 0 Å². The molecule has 1 saturated heterocycles. The molecule has 2 heterocycles. The highest BCUT2D eigenvalue weighted by Gasteiger charge is 2.29. The van der Waals surface area contributed by atoms with Crippen LogP contribution in [0.5, 0.6) is 0 Å². The lowest BCUT2D eigenvalue weighted by atomic mass is 9.90. The van der Waals surface area contributed by atoms with E-state index in [1.807, 2.05) is 20.2 Å². The molecule has 0 aromatic carbocycles. The number of hydrogen-bond donors (Lipinski definition) is 1. The summed E-state index contributed by atoms with van der Waals surface area (Å²) in [6.07, 6.45) is 4.84. The standard InChI is InChI=1S/C14H23BrN4O/c1-4-7-19-13(20)12(15)11(10-17-19)18-8-5-14(2,16-3)6-9-18/h10,16H,4-9H2,1-3H3. The molecule has 1 aliphatic heterocycles. The first-order chi connectivity index (χ1) is 9.50. The van der Waals surface area contributed by atoms with Gasteiger partial charge in [0.2, 0.25) is 0 Å². The molecule has 0 amide bonds. The summed E-state index contributed by atoms with van der Waals surface area (Å²) < 4.78 is 2.16. The third kappa shape index (κ3) is 3.06.